The lowest BCUT2D eigenvalue weighted by Crippen LogP contribution is -2.35. The van der Waals surface area contributed by atoms with E-state index in [0.717, 1.165) is 19.3 Å². The number of sulfonamides is 1. The second-order valence-electron chi connectivity index (χ2n) is 7.71. The summed E-state index contributed by atoms with van der Waals surface area (Å²) < 4.78 is 43.0. The molecule has 176 valence electrons. The third kappa shape index (κ3) is 5.07. The van der Waals surface area contributed by atoms with E-state index < -0.39 is 28.0 Å². The lowest BCUT2D eigenvalue weighted by Gasteiger charge is -2.26. The minimum absolute atomic E-state index is 0.0362. The maximum Gasteiger partial charge on any atom is 0.339 e. The number of carbonyl (C=O) groups is 2. The highest BCUT2D eigenvalue weighted by molar-refractivity contribution is 7.89. The number of halogens is 1. The summed E-state index contributed by atoms with van der Waals surface area (Å²) >= 11 is 6.18. The fraction of sp³-hybridized carbons (Fsp3) is 0.364. The van der Waals surface area contributed by atoms with E-state index in [0.29, 0.717) is 24.6 Å². The first-order valence-electron chi connectivity index (χ1n) is 10.5. The Labute approximate surface area is 196 Å². The lowest BCUT2D eigenvalue weighted by atomic mass is 10.2. The maximum atomic E-state index is 12.9. The Hall–Kier alpha value is -2.82. The molecule has 2 aromatic carbocycles. The van der Waals surface area contributed by atoms with E-state index in [1.807, 2.05) is 0 Å². The van der Waals surface area contributed by atoms with E-state index in [1.54, 1.807) is 6.07 Å². The van der Waals surface area contributed by atoms with Crippen LogP contribution in [0.15, 0.2) is 41.3 Å². The third-order valence-electron chi connectivity index (χ3n) is 5.41. The summed E-state index contributed by atoms with van der Waals surface area (Å²) in [6.07, 6.45) is 1.45. The molecular weight excluding hydrogens is 472 g/mol. The second kappa shape index (κ2) is 9.58. The zero-order valence-corrected chi connectivity index (χ0v) is 19.4. The molecule has 0 radical (unpaired) electrons. The molecule has 2 aliphatic heterocycles. The van der Waals surface area contributed by atoms with Gasteiger partial charge in [-0.15, -0.1) is 0 Å². The van der Waals surface area contributed by atoms with Crippen molar-refractivity contribution in [2.24, 2.45) is 0 Å². The smallest absolute Gasteiger partial charge is 0.339 e. The largest absolute Gasteiger partial charge is 0.454 e. The van der Waals surface area contributed by atoms with E-state index in [2.05, 4.69) is 5.32 Å². The first-order chi connectivity index (χ1) is 15.8. The van der Waals surface area contributed by atoms with Crippen molar-refractivity contribution in [2.75, 3.05) is 25.2 Å². The number of rotatable bonds is 6. The average molecular weight is 495 g/mol. The quantitative estimate of drug-likeness (QED) is 0.612. The number of ether oxygens (including phenoxy) is 3. The predicted molar refractivity (Wildman–Crippen MR) is 120 cm³/mol. The Balaban J connectivity index is 1.44. The zero-order valence-electron chi connectivity index (χ0n) is 17.9. The van der Waals surface area contributed by atoms with Gasteiger partial charge < -0.3 is 19.5 Å². The molecule has 0 bridgehead atoms. The van der Waals surface area contributed by atoms with Gasteiger partial charge in [-0.2, -0.15) is 4.31 Å². The van der Waals surface area contributed by atoms with Crippen LogP contribution in [0, 0.1) is 0 Å². The van der Waals surface area contributed by atoms with Crippen molar-refractivity contribution in [3.8, 4) is 11.5 Å². The topological polar surface area (TPSA) is 111 Å². The fourth-order valence-electron chi connectivity index (χ4n) is 3.55. The van der Waals surface area contributed by atoms with Crippen molar-refractivity contribution in [1.82, 2.24) is 4.31 Å². The molecule has 9 nitrogen and oxygen atoms in total. The first kappa shape index (κ1) is 23.3. The molecule has 0 aliphatic carbocycles. The van der Waals surface area contributed by atoms with Crippen LogP contribution in [-0.4, -0.2) is 50.6 Å². The van der Waals surface area contributed by atoms with E-state index in [-0.39, 0.29) is 28.0 Å². The van der Waals surface area contributed by atoms with Gasteiger partial charge in [0.05, 0.1) is 21.2 Å². The van der Waals surface area contributed by atoms with Gasteiger partial charge in [0.1, 0.15) is 0 Å². The molecule has 2 heterocycles. The lowest BCUT2D eigenvalue weighted by molar-refractivity contribution is -0.123. The predicted octanol–water partition coefficient (Wildman–Crippen LogP) is 3.43. The zero-order chi connectivity index (χ0) is 23.6. The van der Waals surface area contributed by atoms with Crippen LogP contribution < -0.4 is 14.8 Å². The third-order valence-corrected chi connectivity index (χ3v) is 7.63. The number of fused-ring (bicyclic) bond motifs is 1. The molecule has 0 saturated carbocycles. The Bertz CT molecular complexity index is 1180. The van der Waals surface area contributed by atoms with Crippen molar-refractivity contribution in [2.45, 2.75) is 37.2 Å². The molecule has 1 fully saturated rings. The minimum atomic E-state index is -3.70. The maximum absolute atomic E-state index is 12.9. The molecule has 1 amide bonds. The van der Waals surface area contributed by atoms with Gasteiger partial charge in [0.2, 0.25) is 16.8 Å². The van der Waals surface area contributed by atoms with Gasteiger partial charge in [0.25, 0.3) is 5.91 Å². The summed E-state index contributed by atoms with van der Waals surface area (Å²) in [4.78, 5) is 25.1. The van der Waals surface area contributed by atoms with Crippen LogP contribution in [0.2, 0.25) is 5.02 Å². The molecule has 0 aromatic heterocycles. The van der Waals surface area contributed by atoms with E-state index >= 15 is 0 Å². The van der Waals surface area contributed by atoms with Gasteiger partial charge in [-0.1, -0.05) is 18.0 Å². The number of nitrogens with one attached hydrogen (secondary N) is 1. The number of anilines is 1. The first-order valence-corrected chi connectivity index (χ1v) is 12.3. The van der Waals surface area contributed by atoms with Crippen molar-refractivity contribution in [1.29, 1.82) is 0 Å². The standard InChI is InChI=1S/C22H23ClN2O7S/c1-14(32-22(27)15-5-8-19-20(11-15)31-13-30-19)21(26)24-18-12-16(6-7-17(18)23)33(28,29)25-9-3-2-4-10-25/h5-8,11-12,14H,2-4,9-10,13H2,1H3,(H,24,26)/t14-/m1/s1. The molecule has 11 heteroatoms. The van der Waals surface area contributed by atoms with Crippen LogP contribution in [0.1, 0.15) is 36.5 Å². The van der Waals surface area contributed by atoms with Crippen LogP contribution >= 0.6 is 11.6 Å². The highest BCUT2D eigenvalue weighted by Crippen LogP contribution is 2.33. The van der Waals surface area contributed by atoms with Crippen LogP contribution in [0.5, 0.6) is 11.5 Å². The number of benzene rings is 2. The minimum Gasteiger partial charge on any atom is -0.454 e. The highest BCUT2D eigenvalue weighted by Gasteiger charge is 2.27. The monoisotopic (exact) mass is 494 g/mol. The number of amides is 1. The fourth-order valence-corrected chi connectivity index (χ4v) is 5.26. The molecule has 4 rings (SSSR count). The van der Waals surface area contributed by atoms with E-state index in [9.17, 15) is 18.0 Å². The van der Waals surface area contributed by atoms with Crippen LogP contribution in [0.4, 0.5) is 5.69 Å². The van der Waals surface area contributed by atoms with Crippen molar-refractivity contribution >= 4 is 39.2 Å². The number of hydrogen-bond donors (Lipinski definition) is 1. The van der Waals surface area contributed by atoms with Gasteiger partial charge >= 0.3 is 5.97 Å². The number of esters is 1. The summed E-state index contributed by atoms with van der Waals surface area (Å²) in [5.74, 6) is -0.437. The molecule has 33 heavy (non-hydrogen) atoms. The Morgan fingerprint density at radius 3 is 2.55 bits per heavy atom. The summed E-state index contributed by atoms with van der Waals surface area (Å²) in [6.45, 7) is 2.39. The Kier molecular flexibility index (Phi) is 6.78. The van der Waals surface area contributed by atoms with E-state index in [4.69, 9.17) is 25.8 Å². The van der Waals surface area contributed by atoms with Crippen LogP contribution in [0.25, 0.3) is 0 Å². The summed E-state index contributed by atoms with van der Waals surface area (Å²) in [5, 5.41) is 2.71. The van der Waals surface area contributed by atoms with Crippen LogP contribution in [-0.2, 0) is 19.6 Å². The molecule has 0 unspecified atom stereocenters. The molecular formula is C22H23ClN2O7S. The summed E-state index contributed by atoms with van der Waals surface area (Å²) in [6, 6.07) is 8.70. The number of piperidine rings is 1. The number of hydrogen-bond acceptors (Lipinski definition) is 7. The molecule has 1 atom stereocenters. The molecule has 2 aromatic rings. The molecule has 2 aliphatic rings. The summed E-state index contributed by atoms with van der Waals surface area (Å²) in [5.41, 5.74) is 0.317. The number of nitrogens with zero attached hydrogens (tertiary/aromatic N) is 1. The average Bonchev–Trinajstić information content (AvgIpc) is 3.28. The van der Waals surface area contributed by atoms with Gasteiger partial charge in [0, 0.05) is 13.1 Å². The van der Waals surface area contributed by atoms with Crippen molar-refractivity contribution < 1.29 is 32.2 Å². The van der Waals surface area contributed by atoms with Gasteiger partial charge in [0.15, 0.2) is 17.6 Å². The van der Waals surface area contributed by atoms with Crippen molar-refractivity contribution in [3.63, 3.8) is 0 Å². The van der Waals surface area contributed by atoms with Crippen LogP contribution in [0.3, 0.4) is 0 Å². The molecule has 0 spiro atoms. The second-order valence-corrected chi connectivity index (χ2v) is 10.1. The van der Waals surface area contributed by atoms with E-state index in [1.165, 1.54) is 41.6 Å². The SMILES string of the molecule is C[C@@H](OC(=O)c1ccc2c(c1)OCO2)C(=O)Nc1cc(S(=O)(=O)N2CCCCC2)ccc1Cl. The summed E-state index contributed by atoms with van der Waals surface area (Å²) in [7, 11) is -3.70. The van der Waals surface area contributed by atoms with Gasteiger partial charge in [-0.3, -0.25) is 4.79 Å². The van der Waals surface area contributed by atoms with Gasteiger partial charge in [-0.05, 0) is 56.2 Å². The highest BCUT2D eigenvalue weighted by atomic mass is 35.5. The normalized spacial score (nSPS) is 16.8. The molecule has 1 N–H and O–H groups in total. The Morgan fingerprint density at radius 2 is 1.79 bits per heavy atom. The number of carbonyl (C=O) groups excluding carboxylic acids is 2. The Morgan fingerprint density at radius 1 is 1.06 bits per heavy atom. The van der Waals surface area contributed by atoms with Gasteiger partial charge in [-0.25, -0.2) is 13.2 Å². The van der Waals surface area contributed by atoms with Crippen molar-refractivity contribution in [3.05, 3.63) is 47.0 Å². The molecule has 1 saturated heterocycles.